The molecule has 2 N–H and O–H groups in total. The fraction of sp³-hybridized carbons (Fsp3) is 0.417. The molecule has 0 radical (unpaired) electrons. The minimum absolute atomic E-state index is 0.0835. The minimum Gasteiger partial charge on any atom is -0.497 e. The standard InChI is InChI=1S/C12H17NO3/c1-3-13-11(8-12(14)15)9-4-6-10(16-2)7-5-9/h4-7,11,13H,3,8H2,1-2H3,(H,14,15). The predicted octanol–water partition coefficient (Wildman–Crippen LogP) is 1.82. The molecule has 0 spiro atoms. The van der Waals surface area contributed by atoms with Crippen LogP contribution in [0.4, 0.5) is 0 Å². The molecule has 88 valence electrons. The van der Waals surface area contributed by atoms with Gasteiger partial charge >= 0.3 is 5.97 Å². The van der Waals surface area contributed by atoms with Crippen LogP contribution >= 0.6 is 0 Å². The van der Waals surface area contributed by atoms with Gasteiger partial charge in [0.05, 0.1) is 13.5 Å². The number of carbonyl (C=O) groups is 1. The van der Waals surface area contributed by atoms with E-state index in [1.165, 1.54) is 0 Å². The van der Waals surface area contributed by atoms with Crippen molar-refractivity contribution in [1.29, 1.82) is 0 Å². The predicted molar refractivity (Wildman–Crippen MR) is 61.7 cm³/mol. The number of carboxylic acids is 1. The van der Waals surface area contributed by atoms with Crippen molar-refractivity contribution in [2.45, 2.75) is 19.4 Å². The zero-order valence-corrected chi connectivity index (χ0v) is 9.56. The molecule has 0 heterocycles. The molecule has 0 aliphatic carbocycles. The van der Waals surface area contributed by atoms with Crippen LogP contribution < -0.4 is 10.1 Å². The molecule has 0 aliphatic rings. The van der Waals surface area contributed by atoms with Crippen LogP contribution in [0.5, 0.6) is 5.75 Å². The minimum atomic E-state index is -0.804. The quantitative estimate of drug-likeness (QED) is 0.772. The van der Waals surface area contributed by atoms with E-state index in [1.807, 2.05) is 31.2 Å². The van der Waals surface area contributed by atoms with Crippen molar-refractivity contribution >= 4 is 5.97 Å². The van der Waals surface area contributed by atoms with Gasteiger partial charge in [-0.15, -0.1) is 0 Å². The first-order chi connectivity index (χ1) is 7.67. The van der Waals surface area contributed by atoms with E-state index in [-0.39, 0.29) is 12.5 Å². The van der Waals surface area contributed by atoms with Gasteiger partial charge in [0.2, 0.25) is 0 Å². The molecule has 0 saturated carbocycles. The normalized spacial score (nSPS) is 12.1. The molecule has 16 heavy (non-hydrogen) atoms. The number of ether oxygens (including phenoxy) is 1. The molecular weight excluding hydrogens is 206 g/mol. The van der Waals surface area contributed by atoms with Gasteiger partial charge in [0.15, 0.2) is 0 Å². The van der Waals surface area contributed by atoms with Crippen LogP contribution in [0, 0.1) is 0 Å². The summed E-state index contributed by atoms with van der Waals surface area (Å²) in [4.78, 5) is 10.7. The zero-order valence-electron chi connectivity index (χ0n) is 9.56. The molecule has 0 saturated heterocycles. The number of nitrogens with one attached hydrogen (secondary N) is 1. The number of benzene rings is 1. The highest BCUT2D eigenvalue weighted by atomic mass is 16.5. The molecule has 0 aromatic heterocycles. The van der Waals surface area contributed by atoms with Gasteiger partial charge in [0.1, 0.15) is 5.75 Å². The number of hydrogen-bond acceptors (Lipinski definition) is 3. The molecule has 4 nitrogen and oxygen atoms in total. The first-order valence-electron chi connectivity index (χ1n) is 5.26. The van der Waals surface area contributed by atoms with E-state index in [2.05, 4.69) is 5.32 Å². The van der Waals surface area contributed by atoms with Gasteiger partial charge in [0, 0.05) is 6.04 Å². The molecule has 1 aromatic rings. The van der Waals surface area contributed by atoms with Crippen molar-refractivity contribution in [3.63, 3.8) is 0 Å². The maximum absolute atomic E-state index is 10.7. The van der Waals surface area contributed by atoms with Crippen molar-refractivity contribution in [1.82, 2.24) is 5.32 Å². The van der Waals surface area contributed by atoms with Crippen LogP contribution in [-0.2, 0) is 4.79 Å². The van der Waals surface area contributed by atoms with Gasteiger partial charge in [-0.2, -0.15) is 0 Å². The Balaban J connectivity index is 2.79. The van der Waals surface area contributed by atoms with E-state index in [0.717, 1.165) is 17.9 Å². The maximum atomic E-state index is 10.7. The summed E-state index contributed by atoms with van der Waals surface area (Å²) in [5.41, 5.74) is 0.963. The monoisotopic (exact) mass is 223 g/mol. The van der Waals surface area contributed by atoms with Gasteiger partial charge in [-0.3, -0.25) is 4.79 Å². The second-order valence-corrected chi connectivity index (χ2v) is 3.48. The Hall–Kier alpha value is -1.55. The molecule has 1 rings (SSSR count). The first-order valence-corrected chi connectivity index (χ1v) is 5.26. The fourth-order valence-electron chi connectivity index (χ4n) is 1.57. The Bertz CT molecular complexity index is 335. The molecule has 1 aromatic carbocycles. The third kappa shape index (κ3) is 3.55. The van der Waals surface area contributed by atoms with E-state index < -0.39 is 5.97 Å². The average Bonchev–Trinajstić information content (AvgIpc) is 2.28. The molecule has 0 aliphatic heterocycles. The average molecular weight is 223 g/mol. The van der Waals surface area contributed by atoms with Gasteiger partial charge in [-0.05, 0) is 24.2 Å². The summed E-state index contributed by atoms with van der Waals surface area (Å²) in [7, 11) is 1.61. The summed E-state index contributed by atoms with van der Waals surface area (Å²) >= 11 is 0. The van der Waals surface area contributed by atoms with Gasteiger partial charge in [-0.25, -0.2) is 0 Å². The molecule has 1 atom stereocenters. The number of aliphatic carboxylic acids is 1. The molecular formula is C12H17NO3. The maximum Gasteiger partial charge on any atom is 0.305 e. The van der Waals surface area contributed by atoms with Gasteiger partial charge < -0.3 is 15.2 Å². The summed E-state index contributed by atoms with van der Waals surface area (Å²) in [6, 6.07) is 7.29. The third-order valence-corrected chi connectivity index (χ3v) is 2.35. The van der Waals surface area contributed by atoms with E-state index in [0.29, 0.717) is 0 Å². The lowest BCUT2D eigenvalue weighted by Crippen LogP contribution is -2.23. The number of carboxylic acid groups (broad SMARTS) is 1. The summed E-state index contributed by atoms with van der Waals surface area (Å²) in [6.07, 6.45) is 0.0835. The Morgan fingerprint density at radius 3 is 2.50 bits per heavy atom. The highest BCUT2D eigenvalue weighted by molar-refractivity contribution is 5.68. The summed E-state index contributed by atoms with van der Waals surface area (Å²) < 4.78 is 5.05. The first kappa shape index (κ1) is 12.5. The van der Waals surface area contributed by atoms with E-state index >= 15 is 0 Å². The second-order valence-electron chi connectivity index (χ2n) is 3.48. The Morgan fingerprint density at radius 1 is 1.44 bits per heavy atom. The van der Waals surface area contributed by atoms with Crippen molar-refractivity contribution in [2.75, 3.05) is 13.7 Å². The van der Waals surface area contributed by atoms with Crippen LogP contribution in [0.2, 0.25) is 0 Å². The molecule has 0 bridgehead atoms. The summed E-state index contributed by atoms with van der Waals surface area (Å²) in [5.74, 6) is -0.0314. The number of rotatable bonds is 6. The van der Waals surface area contributed by atoms with Crippen LogP contribution in [0.1, 0.15) is 24.9 Å². The van der Waals surface area contributed by atoms with E-state index in [4.69, 9.17) is 9.84 Å². The zero-order chi connectivity index (χ0) is 12.0. The number of hydrogen-bond donors (Lipinski definition) is 2. The highest BCUT2D eigenvalue weighted by Gasteiger charge is 2.13. The van der Waals surface area contributed by atoms with Crippen LogP contribution in [-0.4, -0.2) is 24.7 Å². The number of methoxy groups -OCH3 is 1. The fourth-order valence-corrected chi connectivity index (χ4v) is 1.57. The molecule has 1 unspecified atom stereocenters. The van der Waals surface area contributed by atoms with Crippen molar-refractivity contribution in [2.24, 2.45) is 0 Å². The lowest BCUT2D eigenvalue weighted by molar-refractivity contribution is -0.137. The molecule has 4 heteroatoms. The van der Waals surface area contributed by atoms with Gasteiger partial charge in [-0.1, -0.05) is 19.1 Å². The Morgan fingerprint density at radius 2 is 2.06 bits per heavy atom. The smallest absolute Gasteiger partial charge is 0.305 e. The SMILES string of the molecule is CCNC(CC(=O)O)c1ccc(OC)cc1. The highest BCUT2D eigenvalue weighted by Crippen LogP contribution is 2.20. The van der Waals surface area contributed by atoms with Crippen molar-refractivity contribution < 1.29 is 14.6 Å². The Labute approximate surface area is 95.2 Å². The van der Waals surface area contributed by atoms with Crippen LogP contribution in [0.15, 0.2) is 24.3 Å². The van der Waals surface area contributed by atoms with E-state index in [9.17, 15) is 4.79 Å². The topological polar surface area (TPSA) is 58.6 Å². The summed E-state index contributed by atoms with van der Waals surface area (Å²) in [5, 5.41) is 12.0. The van der Waals surface area contributed by atoms with Crippen LogP contribution in [0.25, 0.3) is 0 Å². The van der Waals surface area contributed by atoms with Gasteiger partial charge in [0.25, 0.3) is 0 Å². The molecule has 0 amide bonds. The third-order valence-electron chi connectivity index (χ3n) is 2.35. The summed E-state index contributed by atoms with van der Waals surface area (Å²) in [6.45, 7) is 2.70. The van der Waals surface area contributed by atoms with Crippen molar-refractivity contribution in [3.8, 4) is 5.75 Å². The van der Waals surface area contributed by atoms with E-state index in [1.54, 1.807) is 7.11 Å². The molecule has 0 fully saturated rings. The van der Waals surface area contributed by atoms with Crippen LogP contribution in [0.3, 0.4) is 0 Å². The lowest BCUT2D eigenvalue weighted by atomic mass is 10.0. The second kappa shape index (κ2) is 6.12. The van der Waals surface area contributed by atoms with Crippen molar-refractivity contribution in [3.05, 3.63) is 29.8 Å². The largest absolute Gasteiger partial charge is 0.497 e. The lowest BCUT2D eigenvalue weighted by Gasteiger charge is -2.16. The Kier molecular flexibility index (Phi) is 4.79.